The fourth-order valence-electron chi connectivity index (χ4n) is 2.19. The topological polar surface area (TPSA) is 43.8 Å². The quantitative estimate of drug-likeness (QED) is 0.943. The van der Waals surface area contributed by atoms with Crippen molar-refractivity contribution in [3.8, 4) is 0 Å². The number of aryl methyl sites for hydroxylation is 2. The van der Waals surface area contributed by atoms with Crippen LogP contribution in [0.25, 0.3) is 0 Å². The molecule has 0 saturated carbocycles. The third-order valence-electron chi connectivity index (χ3n) is 3.21. The predicted molar refractivity (Wildman–Crippen MR) is 74.7 cm³/mol. The number of halogens is 3. The monoisotopic (exact) mass is 299 g/mol. The lowest BCUT2D eigenvalue weighted by Gasteiger charge is -2.13. The zero-order valence-corrected chi connectivity index (χ0v) is 12.1. The molecule has 3 nitrogen and oxygen atoms in total. The number of aromatic nitrogens is 2. The van der Waals surface area contributed by atoms with Gasteiger partial charge in [0, 0.05) is 25.6 Å². The molecule has 0 saturated heterocycles. The van der Waals surface area contributed by atoms with Crippen LogP contribution in [-0.2, 0) is 19.9 Å². The highest BCUT2D eigenvalue weighted by Crippen LogP contribution is 2.21. The SMILES string of the molecule is Cc1nn(C)c(CC(N)Cc2ccc(F)cc2F)c1Cl. The van der Waals surface area contributed by atoms with Crippen LogP contribution in [0.5, 0.6) is 0 Å². The van der Waals surface area contributed by atoms with Gasteiger partial charge in [0.05, 0.1) is 16.4 Å². The van der Waals surface area contributed by atoms with Crippen LogP contribution in [0.1, 0.15) is 17.0 Å². The Hall–Kier alpha value is -1.46. The molecule has 0 radical (unpaired) electrons. The van der Waals surface area contributed by atoms with Crippen molar-refractivity contribution in [1.29, 1.82) is 0 Å². The third-order valence-corrected chi connectivity index (χ3v) is 3.71. The van der Waals surface area contributed by atoms with Crippen molar-refractivity contribution in [2.45, 2.75) is 25.8 Å². The normalized spacial score (nSPS) is 12.7. The van der Waals surface area contributed by atoms with Gasteiger partial charge in [0.25, 0.3) is 0 Å². The molecule has 1 atom stereocenters. The van der Waals surface area contributed by atoms with Crippen LogP contribution >= 0.6 is 11.6 Å². The summed E-state index contributed by atoms with van der Waals surface area (Å²) in [6, 6.07) is 3.19. The van der Waals surface area contributed by atoms with Crippen molar-refractivity contribution in [3.05, 3.63) is 51.8 Å². The maximum atomic E-state index is 13.6. The molecule has 0 amide bonds. The molecule has 1 aromatic carbocycles. The first-order valence-corrected chi connectivity index (χ1v) is 6.63. The Balaban J connectivity index is 2.11. The van der Waals surface area contributed by atoms with Gasteiger partial charge in [0.15, 0.2) is 0 Å². The lowest BCUT2D eigenvalue weighted by Crippen LogP contribution is -2.27. The summed E-state index contributed by atoms with van der Waals surface area (Å²) in [5.41, 5.74) is 7.99. The van der Waals surface area contributed by atoms with E-state index in [4.69, 9.17) is 17.3 Å². The van der Waals surface area contributed by atoms with Gasteiger partial charge in [-0.3, -0.25) is 4.68 Å². The molecule has 6 heteroatoms. The second-order valence-corrected chi connectivity index (χ2v) is 5.25. The summed E-state index contributed by atoms with van der Waals surface area (Å²) in [5, 5.41) is 4.79. The van der Waals surface area contributed by atoms with Gasteiger partial charge >= 0.3 is 0 Å². The molecule has 1 unspecified atom stereocenters. The van der Waals surface area contributed by atoms with E-state index in [1.807, 2.05) is 6.92 Å². The summed E-state index contributed by atoms with van der Waals surface area (Å²) in [6.45, 7) is 1.82. The van der Waals surface area contributed by atoms with E-state index >= 15 is 0 Å². The molecular weight excluding hydrogens is 284 g/mol. The average Bonchev–Trinajstić information content (AvgIpc) is 2.60. The summed E-state index contributed by atoms with van der Waals surface area (Å²) < 4.78 is 28.1. The van der Waals surface area contributed by atoms with Gasteiger partial charge in [-0.25, -0.2) is 8.78 Å². The smallest absolute Gasteiger partial charge is 0.129 e. The van der Waals surface area contributed by atoms with Crippen molar-refractivity contribution in [3.63, 3.8) is 0 Å². The fourth-order valence-corrected chi connectivity index (χ4v) is 2.43. The van der Waals surface area contributed by atoms with Gasteiger partial charge < -0.3 is 5.73 Å². The molecule has 0 aliphatic heterocycles. The van der Waals surface area contributed by atoms with Gasteiger partial charge in [0.1, 0.15) is 11.6 Å². The fraction of sp³-hybridized carbons (Fsp3) is 0.357. The second kappa shape index (κ2) is 5.89. The van der Waals surface area contributed by atoms with E-state index in [0.717, 1.165) is 17.5 Å². The minimum absolute atomic E-state index is 0.312. The summed E-state index contributed by atoms with van der Waals surface area (Å²) >= 11 is 6.15. The molecule has 2 rings (SSSR count). The summed E-state index contributed by atoms with van der Waals surface area (Å²) in [7, 11) is 1.79. The van der Waals surface area contributed by atoms with Crippen LogP contribution in [0.2, 0.25) is 5.02 Å². The molecule has 1 aromatic heterocycles. The van der Waals surface area contributed by atoms with E-state index in [2.05, 4.69) is 5.10 Å². The Morgan fingerprint density at radius 1 is 1.35 bits per heavy atom. The number of nitrogens with two attached hydrogens (primary N) is 1. The van der Waals surface area contributed by atoms with Gasteiger partial charge in [-0.2, -0.15) is 5.10 Å². The number of nitrogens with zero attached hydrogens (tertiary/aromatic N) is 2. The largest absolute Gasteiger partial charge is 0.327 e. The highest BCUT2D eigenvalue weighted by atomic mass is 35.5. The maximum absolute atomic E-state index is 13.6. The first-order chi connectivity index (χ1) is 9.38. The zero-order chi connectivity index (χ0) is 14.9. The molecule has 0 aliphatic rings. The van der Waals surface area contributed by atoms with Crippen molar-refractivity contribution in [2.24, 2.45) is 12.8 Å². The Kier molecular flexibility index (Phi) is 4.40. The van der Waals surface area contributed by atoms with Gasteiger partial charge in [-0.1, -0.05) is 17.7 Å². The van der Waals surface area contributed by atoms with E-state index in [0.29, 0.717) is 23.4 Å². The van der Waals surface area contributed by atoms with Crippen molar-refractivity contribution in [2.75, 3.05) is 0 Å². The number of hydrogen-bond donors (Lipinski definition) is 1. The van der Waals surface area contributed by atoms with E-state index < -0.39 is 11.6 Å². The molecule has 20 heavy (non-hydrogen) atoms. The summed E-state index contributed by atoms with van der Waals surface area (Å²) in [6.07, 6.45) is 0.791. The highest BCUT2D eigenvalue weighted by molar-refractivity contribution is 6.31. The van der Waals surface area contributed by atoms with Gasteiger partial charge in [-0.05, 0) is 25.0 Å². The van der Waals surface area contributed by atoms with E-state index in [1.165, 1.54) is 12.1 Å². The predicted octanol–water partition coefficient (Wildman–Crippen LogP) is 2.77. The van der Waals surface area contributed by atoms with Crippen LogP contribution in [-0.4, -0.2) is 15.8 Å². The second-order valence-electron chi connectivity index (χ2n) is 4.87. The van der Waals surface area contributed by atoms with E-state index in [1.54, 1.807) is 11.7 Å². The van der Waals surface area contributed by atoms with Gasteiger partial charge in [-0.15, -0.1) is 0 Å². The first kappa shape index (κ1) is 14.9. The molecule has 0 aliphatic carbocycles. The van der Waals surface area contributed by atoms with Gasteiger partial charge in [0.2, 0.25) is 0 Å². The number of hydrogen-bond acceptors (Lipinski definition) is 2. The van der Waals surface area contributed by atoms with Crippen molar-refractivity contribution >= 4 is 11.6 Å². The van der Waals surface area contributed by atoms with Crippen LogP contribution in [0.4, 0.5) is 8.78 Å². The zero-order valence-electron chi connectivity index (χ0n) is 11.3. The summed E-state index contributed by atoms with van der Waals surface area (Å²) in [4.78, 5) is 0. The molecule has 2 aromatic rings. The standard InChI is InChI=1S/C14H16ClF2N3/c1-8-14(15)13(20(2)19-8)7-11(18)5-9-3-4-10(16)6-12(9)17/h3-4,6,11H,5,7,18H2,1-2H3. The molecule has 2 N–H and O–H groups in total. The molecule has 0 fully saturated rings. The average molecular weight is 300 g/mol. The Labute approximate surface area is 121 Å². The van der Waals surface area contributed by atoms with Crippen LogP contribution in [0.3, 0.4) is 0 Å². The Morgan fingerprint density at radius 3 is 2.60 bits per heavy atom. The van der Waals surface area contributed by atoms with Crippen LogP contribution in [0.15, 0.2) is 18.2 Å². The number of benzene rings is 1. The summed E-state index contributed by atoms with van der Waals surface area (Å²) in [5.74, 6) is -1.17. The minimum atomic E-state index is -0.592. The van der Waals surface area contributed by atoms with Crippen molar-refractivity contribution < 1.29 is 8.78 Å². The molecule has 108 valence electrons. The molecular formula is C14H16ClF2N3. The van der Waals surface area contributed by atoms with Crippen molar-refractivity contribution in [1.82, 2.24) is 9.78 Å². The molecule has 0 spiro atoms. The molecule has 0 bridgehead atoms. The third kappa shape index (κ3) is 3.16. The van der Waals surface area contributed by atoms with E-state index in [9.17, 15) is 8.78 Å². The minimum Gasteiger partial charge on any atom is -0.327 e. The first-order valence-electron chi connectivity index (χ1n) is 6.26. The molecule has 1 heterocycles. The lowest BCUT2D eigenvalue weighted by atomic mass is 10.0. The maximum Gasteiger partial charge on any atom is 0.129 e. The highest BCUT2D eigenvalue weighted by Gasteiger charge is 2.16. The van der Waals surface area contributed by atoms with Crippen LogP contribution < -0.4 is 5.73 Å². The lowest BCUT2D eigenvalue weighted by molar-refractivity contribution is 0.552. The number of rotatable bonds is 4. The Bertz CT molecular complexity index is 625. The van der Waals surface area contributed by atoms with Crippen LogP contribution in [0, 0.1) is 18.6 Å². The van der Waals surface area contributed by atoms with E-state index in [-0.39, 0.29) is 6.04 Å². The Morgan fingerprint density at radius 2 is 2.05 bits per heavy atom.